The highest BCUT2D eigenvalue weighted by atomic mass is 33.1. The lowest BCUT2D eigenvalue weighted by atomic mass is 9.65. The van der Waals surface area contributed by atoms with Gasteiger partial charge in [0.2, 0.25) is 0 Å². The van der Waals surface area contributed by atoms with Gasteiger partial charge in [0.05, 0.1) is 0 Å². The van der Waals surface area contributed by atoms with Gasteiger partial charge in [-0.15, -0.1) is 11.7 Å². The van der Waals surface area contributed by atoms with Crippen LogP contribution in [0.25, 0.3) is 0 Å². The fourth-order valence-electron chi connectivity index (χ4n) is 6.28. The van der Waals surface area contributed by atoms with Crippen molar-refractivity contribution < 1.29 is 0 Å². The monoisotopic (exact) mass is 418 g/mol. The molecule has 3 aliphatic carbocycles. The molecule has 158 valence electrons. The van der Waals surface area contributed by atoms with Crippen LogP contribution in [0.1, 0.15) is 91.9 Å². The summed E-state index contributed by atoms with van der Waals surface area (Å²) >= 11 is 4.48. The third-order valence-corrected chi connectivity index (χ3v) is 9.66. The Morgan fingerprint density at radius 3 is 2.71 bits per heavy atom. The number of hydrogen-bond donors (Lipinski definition) is 1. The van der Waals surface area contributed by atoms with Gasteiger partial charge in [0.15, 0.2) is 0 Å². The highest BCUT2D eigenvalue weighted by Gasteiger charge is 2.46. The van der Waals surface area contributed by atoms with Gasteiger partial charge in [-0.05, 0) is 85.2 Å². The maximum Gasteiger partial charge on any atom is 0.0192 e. The lowest BCUT2D eigenvalue weighted by molar-refractivity contribution is 0.117. The summed E-state index contributed by atoms with van der Waals surface area (Å²) in [7, 11) is 1.75. The van der Waals surface area contributed by atoms with E-state index in [0.717, 1.165) is 23.7 Å². The molecule has 0 heterocycles. The average molecular weight is 419 g/mol. The first-order valence-electron chi connectivity index (χ1n) is 11.8. The van der Waals surface area contributed by atoms with Crippen molar-refractivity contribution in [2.24, 2.45) is 29.1 Å². The van der Waals surface area contributed by atoms with Gasteiger partial charge in [-0.1, -0.05) is 82.1 Å². The second-order valence-corrected chi connectivity index (χ2v) is 11.9. The Hall–Kier alpha value is -0.0800. The molecule has 0 N–H and O–H groups in total. The van der Waals surface area contributed by atoms with Crippen molar-refractivity contribution in [2.75, 3.05) is 0 Å². The Morgan fingerprint density at radius 2 is 1.96 bits per heavy atom. The van der Waals surface area contributed by atoms with E-state index in [0.29, 0.717) is 10.7 Å². The van der Waals surface area contributed by atoms with Gasteiger partial charge >= 0.3 is 0 Å². The molecule has 0 amide bonds. The van der Waals surface area contributed by atoms with Crippen LogP contribution in [0.15, 0.2) is 35.5 Å². The molecule has 0 spiro atoms. The molecule has 2 fully saturated rings. The molecule has 2 saturated carbocycles. The van der Waals surface area contributed by atoms with Crippen molar-refractivity contribution in [3.63, 3.8) is 0 Å². The molecule has 28 heavy (non-hydrogen) atoms. The highest BCUT2D eigenvalue weighted by Crippen LogP contribution is 2.55. The molecule has 0 saturated heterocycles. The predicted molar refractivity (Wildman–Crippen MR) is 131 cm³/mol. The minimum Gasteiger partial charge on any atom is -0.111 e. The van der Waals surface area contributed by atoms with E-state index in [9.17, 15) is 0 Å². The summed E-state index contributed by atoms with van der Waals surface area (Å²) in [5, 5.41) is 0.691. The Labute approximate surface area is 183 Å². The first kappa shape index (κ1) is 22.6. The molecule has 5 unspecified atom stereocenters. The van der Waals surface area contributed by atoms with Gasteiger partial charge in [-0.25, -0.2) is 0 Å². The second kappa shape index (κ2) is 10.3. The van der Waals surface area contributed by atoms with Crippen LogP contribution in [0.5, 0.6) is 0 Å². The fraction of sp³-hybridized carbons (Fsp3) is 0.769. The zero-order valence-corrected chi connectivity index (χ0v) is 20.3. The molecule has 5 atom stereocenters. The van der Waals surface area contributed by atoms with Crippen molar-refractivity contribution in [1.82, 2.24) is 0 Å². The minimum absolute atomic E-state index is 0.480. The number of fused-ring (bicyclic) bond motifs is 2. The Bertz CT molecular complexity index is 600. The predicted octanol–water partition coefficient (Wildman–Crippen LogP) is 8.81. The lowest BCUT2D eigenvalue weighted by Crippen LogP contribution is -2.32. The van der Waals surface area contributed by atoms with Gasteiger partial charge in [-0.3, -0.25) is 0 Å². The zero-order valence-electron chi connectivity index (χ0n) is 18.6. The molecule has 0 aromatic carbocycles. The summed E-state index contributed by atoms with van der Waals surface area (Å²) in [5.41, 5.74) is 3.69. The quantitative estimate of drug-likeness (QED) is 0.332. The second-order valence-electron chi connectivity index (χ2n) is 10.4. The van der Waals surface area contributed by atoms with Crippen molar-refractivity contribution in [3.05, 3.63) is 35.5 Å². The number of hydrogen-bond acceptors (Lipinski definition) is 2. The maximum absolute atomic E-state index is 4.48. The molecule has 0 bridgehead atoms. The van der Waals surface area contributed by atoms with Crippen LogP contribution in [0.3, 0.4) is 0 Å². The van der Waals surface area contributed by atoms with E-state index >= 15 is 0 Å². The summed E-state index contributed by atoms with van der Waals surface area (Å²) in [5.74, 6) is 3.37. The van der Waals surface area contributed by atoms with Gasteiger partial charge in [0.1, 0.15) is 0 Å². The standard InChI is InChI=1S/C26H42S2/c1-19(2)8-5-9-20(3)25-16-14-23-12-6-10-22-18-24(28-27)15-13-21(22)11-7-17-26(23,25)4/h6,10-12,19-20,23-25,27H,5,7-9,13-18H2,1-4H3/b12-6+,21-11+,22-10-. The first-order valence-corrected chi connectivity index (χ1v) is 13.7. The highest BCUT2D eigenvalue weighted by molar-refractivity contribution is 8.68. The van der Waals surface area contributed by atoms with Crippen LogP contribution in [0.2, 0.25) is 0 Å². The molecule has 0 aromatic heterocycles. The fourth-order valence-corrected chi connectivity index (χ4v) is 7.30. The van der Waals surface area contributed by atoms with Crippen LogP contribution in [-0.4, -0.2) is 5.25 Å². The van der Waals surface area contributed by atoms with Crippen LogP contribution < -0.4 is 0 Å². The Balaban J connectivity index is 1.72. The largest absolute Gasteiger partial charge is 0.111 e. The molecular weight excluding hydrogens is 376 g/mol. The minimum atomic E-state index is 0.480. The van der Waals surface area contributed by atoms with Crippen molar-refractivity contribution in [1.29, 1.82) is 0 Å². The van der Waals surface area contributed by atoms with Crippen LogP contribution >= 0.6 is 22.5 Å². The summed E-state index contributed by atoms with van der Waals surface area (Å²) < 4.78 is 0. The Kier molecular flexibility index (Phi) is 8.31. The van der Waals surface area contributed by atoms with Gasteiger partial charge in [-0.2, -0.15) is 0 Å². The van der Waals surface area contributed by atoms with Crippen LogP contribution in [-0.2, 0) is 0 Å². The molecule has 0 aliphatic heterocycles. The van der Waals surface area contributed by atoms with Gasteiger partial charge < -0.3 is 0 Å². The summed E-state index contributed by atoms with van der Waals surface area (Å²) in [6.45, 7) is 9.90. The third-order valence-electron chi connectivity index (χ3n) is 8.07. The van der Waals surface area contributed by atoms with Crippen LogP contribution in [0, 0.1) is 29.1 Å². The van der Waals surface area contributed by atoms with Crippen molar-refractivity contribution in [3.8, 4) is 0 Å². The van der Waals surface area contributed by atoms with E-state index < -0.39 is 0 Å². The third kappa shape index (κ3) is 5.34. The van der Waals surface area contributed by atoms with Crippen LogP contribution in [0.4, 0.5) is 0 Å². The smallest absolute Gasteiger partial charge is 0.0192 e. The van der Waals surface area contributed by atoms with E-state index in [1.807, 2.05) is 0 Å². The first-order chi connectivity index (χ1) is 13.4. The topological polar surface area (TPSA) is 0 Å². The van der Waals surface area contributed by atoms with Crippen molar-refractivity contribution >= 4 is 22.5 Å². The van der Waals surface area contributed by atoms with E-state index in [1.165, 1.54) is 64.2 Å². The van der Waals surface area contributed by atoms with E-state index in [-0.39, 0.29) is 0 Å². The number of rotatable bonds is 6. The molecule has 3 aliphatic rings. The molecule has 0 nitrogen and oxygen atoms in total. The SMILES string of the molecule is CC(C)CCCC(C)C1CCC2/C=C/C=C3/CC(SS)CC/C3=C\CCC21C. The number of allylic oxidation sites excluding steroid dienone is 6. The Morgan fingerprint density at radius 1 is 1.14 bits per heavy atom. The number of thiol groups is 1. The molecule has 2 heteroatoms. The van der Waals surface area contributed by atoms with E-state index in [2.05, 4.69) is 63.7 Å². The summed E-state index contributed by atoms with van der Waals surface area (Å²) in [4.78, 5) is 0. The molecule has 0 aromatic rings. The van der Waals surface area contributed by atoms with E-state index in [4.69, 9.17) is 0 Å². The molecular formula is C26H42S2. The average Bonchev–Trinajstić information content (AvgIpc) is 2.99. The van der Waals surface area contributed by atoms with Gasteiger partial charge in [0, 0.05) is 5.25 Å². The lowest BCUT2D eigenvalue weighted by Gasteiger charge is -2.40. The molecule has 0 radical (unpaired) electrons. The molecule has 3 rings (SSSR count). The zero-order chi connectivity index (χ0) is 20.1. The summed E-state index contributed by atoms with van der Waals surface area (Å²) in [6.07, 6.45) is 23.4. The van der Waals surface area contributed by atoms with Crippen molar-refractivity contribution in [2.45, 2.75) is 97.2 Å². The normalized spacial score (nSPS) is 39.3. The maximum atomic E-state index is 4.48. The summed E-state index contributed by atoms with van der Waals surface area (Å²) in [6, 6.07) is 0. The van der Waals surface area contributed by atoms with E-state index in [1.54, 1.807) is 21.9 Å². The van der Waals surface area contributed by atoms with Gasteiger partial charge in [0.25, 0.3) is 0 Å².